The predicted molar refractivity (Wildman–Crippen MR) is 119 cm³/mol. The summed E-state index contributed by atoms with van der Waals surface area (Å²) >= 11 is 6.71. The Morgan fingerprint density at radius 1 is 1.03 bits per heavy atom. The van der Waals surface area contributed by atoms with Crippen molar-refractivity contribution in [1.29, 1.82) is 0 Å². The van der Waals surface area contributed by atoms with Crippen LogP contribution in [-0.2, 0) is 17.6 Å². The molecule has 172 valence electrons. The van der Waals surface area contributed by atoms with Gasteiger partial charge in [0.05, 0.1) is 18.2 Å². The SMILES string of the molecule is OCC1OC(c2cc(Cc3ccc(N4CCC4)cc3)c(Cl)c3c2CCO3)C(O)C(O)C1O. The molecular formula is C24H28ClNO6. The van der Waals surface area contributed by atoms with Crippen molar-refractivity contribution in [2.24, 2.45) is 0 Å². The Bertz CT molecular complexity index is 977. The van der Waals surface area contributed by atoms with E-state index < -0.39 is 37.1 Å². The smallest absolute Gasteiger partial charge is 0.141 e. The second-order valence-electron chi connectivity index (χ2n) is 8.78. The molecule has 3 heterocycles. The van der Waals surface area contributed by atoms with E-state index in [4.69, 9.17) is 21.1 Å². The van der Waals surface area contributed by atoms with Gasteiger partial charge in [-0.05, 0) is 41.7 Å². The molecule has 5 unspecified atom stereocenters. The maximum absolute atomic E-state index is 10.7. The summed E-state index contributed by atoms with van der Waals surface area (Å²) in [6.07, 6.45) is -3.65. The molecule has 4 N–H and O–H groups in total. The number of rotatable bonds is 5. The van der Waals surface area contributed by atoms with Gasteiger partial charge >= 0.3 is 0 Å². The van der Waals surface area contributed by atoms with Crippen LogP contribution in [0.3, 0.4) is 0 Å². The Balaban J connectivity index is 1.48. The summed E-state index contributed by atoms with van der Waals surface area (Å²) in [6.45, 7) is 2.18. The normalized spacial score (nSPS) is 29.4. The van der Waals surface area contributed by atoms with E-state index >= 15 is 0 Å². The maximum Gasteiger partial charge on any atom is 0.141 e. The van der Waals surface area contributed by atoms with Crippen LogP contribution in [0.25, 0.3) is 0 Å². The highest BCUT2D eigenvalue weighted by Gasteiger charge is 2.45. The summed E-state index contributed by atoms with van der Waals surface area (Å²) in [5, 5.41) is 41.2. The second-order valence-corrected chi connectivity index (χ2v) is 9.16. The summed E-state index contributed by atoms with van der Waals surface area (Å²) in [7, 11) is 0. The summed E-state index contributed by atoms with van der Waals surface area (Å²) in [6, 6.07) is 10.3. The van der Waals surface area contributed by atoms with Gasteiger partial charge in [-0.15, -0.1) is 0 Å². The first-order valence-electron chi connectivity index (χ1n) is 11.1. The lowest BCUT2D eigenvalue weighted by Gasteiger charge is -2.40. The molecule has 0 spiro atoms. The first kappa shape index (κ1) is 21.9. The van der Waals surface area contributed by atoms with Gasteiger partial charge in [0.15, 0.2) is 0 Å². The molecule has 32 heavy (non-hydrogen) atoms. The largest absolute Gasteiger partial charge is 0.491 e. The quantitative estimate of drug-likeness (QED) is 0.536. The standard InChI is InChI=1S/C24H28ClNO6/c25-19-14(10-13-2-4-15(5-3-13)26-7-1-8-26)11-17(16-6-9-31-23(16)19)24-22(30)21(29)20(28)18(12-27)32-24/h2-5,11,18,20-22,24,27-30H,1,6-10,12H2. The van der Waals surface area contributed by atoms with E-state index in [0.717, 1.165) is 29.8 Å². The average molecular weight is 462 g/mol. The lowest BCUT2D eigenvalue weighted by molar-refractivity contribution is -0.231. The number of ether oxygens (including phenoxy) is 2. The molecule has 3 aliphatic heterocycles. The van der Waals surface area contributed by atoms with E-state index in [0.29, 0.717) is 35.8 Å². The molecule has 2 fully saturated rings. The van der Waals surface area contributed by atoms with Crippen LogP contribution in [0.1, 0.15) is 34.8 Å². The van der Waals surface area contributed by atoms with Crippen LogP contribution >= 0.6 is 11.6 Å². The third-order valence-electron chi connectivity index (χ3n) is 6.78. The van der Waals surface area contributed by atoms with Crippen molar-refractivity contribution in [3.05, 3.63) is 57.6 Å². The van der Waals surface area contributed by atoms with Crippen molar-refractivity contribution in [2.75, 3.05) is 31.2 Å². The van der Waals surface area contributed by atoms with Gasteiger partial charge in [-0.3, -0.25) is 0 Å². The van der Waals surface area contributed by atoms with Crippen LogP contribution in [0.5, 0.6) is 5.75 Å². The Hall–Kier alpha value is -1.87. The van der Waals surface area contributed by atoms with Gasteiger partial charge in [0.1, 0.15) is 36.3 Å². The van der Waals surface area contributed by atoms with Crippen LogP contribution in [-0.4, -0.2) is 71.1 Å². The summed E-state index contributed by atoms with van der Waals surface area (Å²) in [5.74, 6) is 0.577. The molecule has 0 aromatic heterocycles. The Labute approximate surface area is 191 Å². The Morgan fingerprint density at radius 2 is 1.78 bits per heavy atom. The number of aliphatic hydroxyl groups excluding tert-OH is 4. The molecule has 5 atom stereocenters. The summed E-state index contributed by atoms with van der Waals surface area (Å²) < 4.78 is 11.6. The van der Waals surface area contributed by atoms with E-state index in [1.165, 1.54) is 12.1 Å². The summed E-state index contributed by atoms with van der Waals surface area (Å²) in [4.78, 5) is 2.33. The van der Waals surface area contributed by atoms with Gasteiger partial charge in [0, 0.05) is 30.8 Å². The zero-order chi connectivity index (χ0) is 22.4. The molecular weight excluding hydrogens is 434 g/mol. The average Bonchev–Trinajstić information content (AvgIpc) is 3.25. The fourth-order valence-electron chi connectivity index (χ4n) is 4.77. The summed E-state index contributed by atoms with van der Waals surface area (Å²) in [5.41, 5.74) is 4.64. The van der Waals surface area contributed by atoms with Crippen molar-refractivity contribution in [3.63, 3.8) is 0 Å². The number of aliphatic hydroxyl groups is 4. The molecule has 0 radical (unpaired) electrons. The number of anilines is 1. The maximum atomic E-state index is 10.7. The molecule has 2 saturated heterocycles. The van der Waals surface area contributed by atoms with Crippen LogP contribution in [0.4, 0.5) is 5.69 Å². The highest BCUT2D eigenvalue weighted by molar-refractivity contribution is 6.33. The van der Waals surface area contributed by atoms with Crippen molar-refractivity contribution in [1.82, 2.24) is 0 Å². The fraction of sp³-hybridized carbons (Fsp3) is 0.500. The molecule has 5 rings (SSSR count). The predicted octanol–water partition coefficient (Wildman–Crippen LogP) is 1.59. The topological polar surface area (TPSA) is 103 Å². The first-order chi connectivity index (χ1) is 15.5. The molecule has 8 heteroatoms. The van der Waals surface area contributed by atoms with Gasteiger partial charge in [-0.25, -0.2) is 0 Å². The molecule has 0 amide bonds. The highest BCUT2D eigenvalue weighted by Crippen LogP contribution is 2.44. The highest BCUT2D eigenvalue weighted by atomic mass is 35.5. The minimum Gasteiger partial charge on any atom is -0.491 e. The van der Waals surface area contributed by atoms with Crippen LogP contribution in [0.15, 0.2) is 30.3 Å². The number of benzene rings is 2. The van der Waals surface area contributed by atoms with Crippen molar-refractivity contribution >= 4 is 17.3 Å². The molecule has 0 bridgehead atoms. The molecule has 2 aromatic carbocycles. The fourth-order valence-corrected chi connectivity index (χ4v) is 5.06. The van der Waals surface area contributed by atoms with Gasteiger partial charge < -0.3 is 34.8 Å². The van der Waals surface area contributed by atoms with E-state index in [-0.39, 0.29) is 0 Å². The lowest BCUT2D eigenvalue weighted by Crippen LogP contribution is -2.55. The lowest BCUT2D eigenvalue weighted by atomic mass is 9.87. The second kappa shape index (κ2) is 8.82. The minimum absolute atomic E-state index is 0.466. The van der Waals surface area contributed by atoms with E-state index in [9.17, 15) is 20.4 Å². The zero-order valence-corrected chi connectivity index (χ0v) is 18.4. The van der Waals surface area contributed by atoms with Crippen LogP contribution in [0, 0.1) is 0 Å². The molecule has 0 aliphatic carbocycles. The molecule has 7 nitrogen and oxygen atoms in total. The monoisotopic (exact) mass is 461 g/mol. The number of hydrogen-bond donors (Lipinski definition) is 4. The molecule has 2 aromatic rings. The number of fused-ring (bicyclic) bond motifs is 1. The van der Waals surface area contributed by atoms with Crippen LogP contribution in [0.2, 0.25) is 5.02 Å². The van der Waals surface area contributed by atoms with Crippen molar-refractivity contribution < 1.29 is 29.9 Å². The van der Waals surface area contributed by atoms with E-state index in [1.807, 2.05) is 6.07 Å². The molecule has 0 saturated carbocycles. The van der Waals surface area contributed by atoms with E-state index in [2.05, 4.69) is 29.2 Å². The minimum atomic E-state index is -1.43. The number of hydrogen-bond acceptors (Lipinski definition) is 7. The van der Waals surface area contributed by atoms with Gasteiger partial charge in [-0.2, -0.15) is 0 Å². The van der Waals surface area contributed by atoms with Crippen molar-refractivity contribution in [3.8, 4) is 5.75 Å². The van der Waals surface area contributed by atoms with Gasteiger partial charge in [0.2, 0.25) is 0 Å². The Morgan fingerprint density at radius 3 is 2.44 bits per heavy atom. The van der Waals surface area contributed by atoms with E-state index in [1.54, 1.807) is 0 Å². The third-order valence-corrected chi connectivity index (χ3v) is 7.20. The zero-order valence-electron chi connectivity index (χ0n) is 17.7. The number of nitrogens with zero attached hydrogens (tertiary/aromatic N) is 1. The van der Waals surface area contributed by atoms with Crippen molar-refractivity contribution in [2.45, 2.75) is 49.8 Å². The van der Waals surface area contributed by atoms with Gasteiger partial charge in [-0.1, -0.05) is 29.8 Å². The van der Waals surface area contributed by atoms with Gasteiger partial charge in [0.25, 0.3) is 0 Å². The Kier molecular flexibility index (Phi) is 6.05. The first-order valence-corrected chi connectivity index (χ1v) is 11.5. The number of halogens is 1. The molecule has 3 aliphatic rings. The third kappa shape index (κ3) is 3.77. The van der Waals surface area contributed by atoms with Crippen LogP contribution < -0.4 is 9.64 Å².